The van der Waals surface area contributed by atoms with Crippen molar-refractivity contribution in [1.82, 2.24) is 16.2 Å². The molecule has 0 atom stereocenters. The molecule has 0 saturated heterocycles. The molecule has 0 radical (unpaired) electrons. The lowest BCUT2D eigenvalue weighted by molar-refractivity contribution is -0.129. The molecule has 0 fully saturated rings. The SMILES string of the molecule is O=C(CCNC(=O)c1ccccc1)NNC(=O)COc1ccccc1-c1ccccc1. The van der Waals surface area contributed by atoms with Crippen LogP contribution < -0.4 is 20.9 Å². The Morgan fingerprint density at radius 3 is 2.06 bits per heavy atom. The first kappa shape index (κ1) is 21.6. The summed E-state index contributed by atoms with van der Waals surface area (Å²) in [6.07, 6.45) is 0.0244. The highest BCUT2D eigenvalue weighted by Crippen LogP contribution is 2.29. The molecule has 0 aromatic heterocycles. The molecule has 31 heavy (non-hydrogen) atoms. The largest absolute Gasteiger partial charge is 0.483 e. The quantitative estimate of drug-likeness (QED) is 0.491. The molecule has 0 aliphatic heterocycles. The van der Waals surface area contributed by atoms with Gasteiger partial charge >= 0.3 is 0 Å². The maximum absolute atomic E-state index is 12.0. The highest BCUT2D eigenvalue weighted by atomic mass is 16.5. The van der Waals surface area contributed by atoms with Gasteiger partial charge in [-0.05, 0) is 23.8 Å². The number of amides is 3. The van der Waals surface area contributed by atoms with E-state index < -0.39 is 11.8 Å². The van der Waals surface area contributed by atoms with Crippen LogP contribution in [-0.4, -0.2) is 30.9 Å². The van der Waals surface area contributed by atoms with Crippen molar-refractivity contribution in [2.24, 2.45) is 0 Å². The number of para-hydroxylation sites is 1. The van der Waals surface area contributed by atoms with Gasteiger partial charge in [0.2, 0.25) is 5.91 Å². The van der Waals surface area contributed by atoms with E-state index in [0.29, 0.717) is 11.3 Å². The molecule has 7 nitrogen and oxygen atoms in total. The van der Waals surface area contributed by atoms with E-state index in [4.69, 9.17) is 4.74 Å². The fraction of sp³-hybridized carbons (Fsp3) is 0.125. The van der Waals surface area contributed by atoms with E-state index in [-0.39, 0.29) is 25.5 Å². The molecular formula is C24H23N3O4. The van der Waals surface area contributed by atoms with Gasteiger partial charge in [-0.1, -0.05) is 66.7 Å². The summed E-state index contributed by atoms with van der Waals surface area (Å²) in [6, 6.07) is 25.8. The van der Waals surface area contributed by atoms with E-state index in [9.17, 15) is 14.4 Å². The number of carbonyl (C=O) groups excluding carboxylic acids is 3. The number of hydrogen-bond donors (Lipinski definition) is 3. The lowest BCUT2D eigenvalue weighted by atomic mass is 10.1. The monoisotopic (exact) mass is 417 g/mol. The minimum absolute atomic E-state index is 0.0244. The zero-order valence-electron chi connectivity index (χ0n) is 16.8. The van der Waals surface area contributed by atoms with Gasteiger partial charge in [0.15, 0.2) is 6.61 Å². The van der Waals surface area contributed by atoms with Crippen LogP contribution in [0.3, 0.4) is 0 Å². The number of benzene rings is 3. The van der Waals surface area contributed by atoms with Crippen LogP contribution in [0.5, 0.6) is 5.75 Å². The van der Waals surface area contributed by atoms with Gasteiger partial charge < -0.3 is 10.1 Å². The molecule has 0 aliphatic carbocycles. The van der Waals surface area contributed by atoms with Gasteiger partial charge in [-0.15, -0.1) is 0 Å². The molecule has 3 aromatic carbocycles. The third kappa shape index (κ3) is 6.71. The average molecular weight is 417 g/mol. The summed E-state index contributed by atoms with van der Waals surface area (Å²) < 4.78 is 5.63. The highest BCUT2D eigenvalue weighted by molar-refractivity contribution is 5.94. The molecule has 0 aliphatic rings. The Morgan fingerprint density at radius 2 is 1.32 bits per heavy atom. The van der Waals surface area contributed by atoms with Crippen LogP contribution >= 0.6 is 0 Å². The second-order valence-electron chi connectivity index (χ2n) is 6.62. The normalized spacial score (nSPS) is 10.1. The standard InChI is InChI=1S/C24H23N3O4/c28-22(15-16-25-24(30)19-11-5-2-6-12-19)26-27-23(29)17-31-21-14-8-7-13-20(21)18-9-3-1-4-10-18/h1-14H,15-17H2,(H,25,30)(H,26,28)(H,27,29). The second kappa shape index (κ2) is 11.2. The van der Waals surface area contributed by atoms with Crippen molar-refractivity contribution >= 4 is 17.7 Å². The highest BCUT2D eigenvalue weighted by Gasteiger charge is 2.10. The first-order valence-corrected chi connectivity index (χ1v) is 9.81. The van der Waals surface area contributed by atoms with Gasteiger partial charge in [-0.3, -0.25) is 25.2 Å². The molecule has 0 unspecified atom stereocenters. The summed E-state index contributed by atoms with van der Waals surface area (Å²) in [5.41, 5.74) is 6.98. The Morgan fingerprint density at radius 1 is 0.710 bits per heavy atom. The predicted octanol–water partition coefficient (Wildman–Crippen LogP) is 2.70. The average Bonchev–Trinajstić information content (AvgIpc) is 2.82. The summed E-state index contributed by atoms with van der Waals surface area (Å²) in [7, 11) is 0. The van der Waals surface area contributed by atoms with Crippen molar-refractivity contribution in [3.8, 4) is 16.9 Å². The Labute approximate surface area is 180 Å². The summed E-state index contributed by atoms with van der Waals surface area (Å²) >= 11 is 0. The van der Waals surface area contributed by atoms with E-state index in [1.54, 1.807) is 30.3 Å². The molecule has 7 heteroatoms. The molecule has 0 bridgehead atoms. The van der Waals surface area contributed by atoms with E-state index >= 15 is 0 Å². The van der Waals surface area contributed by atoms with Gasteiger partial charge in [0, 0.05) is 24.1 Å². The van der Waals surface area contributed by atoms with E-state index in [1.807, 2.05) is 54.6 Å². The number of rotatable bonds is 8. The zero-order valence-corrected chi connectivity index (χ0v) is 16.8. The van der Waals surface area contributed by atoms with Crippen LogP contribution in [0, 0.1) is 0 Å². The lowest BCUT2D eigenvalue weighted by Gasteiger charge is -2.12. The van der Waals surface area contributed by atoms with Crippen LogP contribution in [0.25, 0.3) is 11.1 Å². The van der Waals surface area contributed by atoms with Gasteiger partial charge in [0.25, 0.3) is 11.8 Å². The van der Waals surface area contributed by atoms with Gasteiger partial charge in [-0.25, -0.2) is 0 Å². The number of hydrazine groups is 1. The Hall–Kier alpha value is -4.13. The third-order valence-corrected chi connectivity index (χ3v) is 4.35. The molecule has 3 rings (SSSR count). The van der Waals surface area contributed by atoms with Crippen LogP contribution in [-0.2, 0) is 9.59 Å². The number of nitrogens with one attached hydrogen (secondary N) is 3. The Balaban J connectivity index is 1.39. The van der Waals surface area contributed by atoms with Gasteiger partial charge in [0.05, 0.1) is 0 Å². The van der Waals surface area contributed by atoms with Crippen molar-refractivity contribution in [2.75, 3.05) is 13.2 Å². The molecule has 0 heterocycles. The number of ether oxygens (including phenoxy) is 1. The van der Waals surface area contributed by atoms with Crippen LogP contribution in [0.15, 0.2) is 84.9 Å². The van der Waals surface area contributed by atoms with E-state index in [1.165, 1.54) is 0 Å². The minimum atomic E-state index is -0.496. The molecule has 3 N–H and O–H groups in total. The van der Waals surface area contributed by atoms with Gasteiger partial charge in [-0.2, -0.15) is 0 Å². The fourth-order valence-corrected chi connectivity index (χ4v) is 2.81. The fourth-order valence-electron chi connectivity index (χ4n) is 2.81. The molecular weight excluding hydrogens is 394 g/mol. The first-order chi connectivity index (χ1) is 15.1. The molecule has 3 aromatic rings. The maximum atomic E-state index is 12.0. The van der Waals surface area contributed by atoms with Crippen molar-refractivity contribution in [2.45, 2.75) is 6.42 Å². The van der Waals surface area contributed by atoms with Crippen molar-refractivity contribution in [1.29, 1.82) is 0 Å². The molecule has 158 valence electrons. The summed E-state index contributed by atoms with van der Waals surface area (Å²) in [6.45, 7) is -0.106. The number of hydrogen-bond acceptors (Lipinski definition) is 4. The summed E-state index contributed by atoms with van der Waals surface area (Å²) in [5.74, 6) is -0.613. The zero-order chi connectivity index (χ0) is 21.9. The Bertz CT molecular complexity index is 1020. The minimum Gasteiger partial charge on any atom is -0.483 e. The van der Waals surface area contributed by atoms with E-state index in [0.717, 1.165) is 11.1 Å². The topological polar surface area (TPSA) is 96.5 Å². The number of carbonyl (C=O) groups is 3. The molecule has 0 spiro atoms. The predicted molar refractivity (Wildman–Crippen MR) is 117 cm³/mol. The summed E-state index contributed by atoms with van der Waals surface area (Å²) in [4.78, 5) is 35.8. The van der Waals surface area contributed by atoms with E-state index in [2.05, 4.69) is 16.2 Å². The van der Waals surface area contributed by atoms with Crippen LogP contribution in [0.4, 0.5) is 0 Å². The third-order valence-electron chi connectivity index (χ3n) is 4.35. The van der Waals surface area contributed by atoms with Crippen molar-refractivity contribution < 1.29 is 19.1 Å². The van der Waals surface area contributed by atoms with Crippen molar-refractivity contribution in [3.63, 3.8) is 0 Å². The smallest absolute Gasteiger partial charge is 0.276 e. The lowest BCUT2D eigenvalue weighted by Crippen LogP contribution is -2.44. The second-order valence-corrected chi connectivity index (χ2v) is 6.62. The molecule has 3 amide bonds. The maximum Gasteiger partial charge on any atom is 0.276 e. The molecule has 0 saturated carbocycles. The van der Waals surface area contributed by atoms with Crippen LogP contribution in [0.1, 0.15) is 16.8 Å². The van der Waals surface area contributed by atoms with Crippen molar-refractivity contribution in [3.05, 3.63) is 90.5 Å². The van der Waals surface area contributed by atoms with Gasteiger partial charge in [0.1, 0.15) is 5.75 Å². The first-order valence-electron chi connectivity index (χ1n) is 9.81. The summed E-state index contributed by atoms with van der Waals surface area (Å²) in [5, 5.41) is 2.65. The Kier molecular flexibility index (Phi) is 7.77. The van der Waals surface area contributed by atoms with Crippen LogP contribution in [0.2, 0.25) is 0 Å².